The second-order valence-corrected chi connectivity index (χ2v) is 2.71. The van der Waals surface area contributed by atoms with Crippen LogP contribution in [0.3, 0.4) is 0 Å². The van der Waals surface area contributed by atoms with Crippen LogP contribution in [0.1, 0.15) is 12.8 Å². The van der Waals surface area contributed by atoms with Crippen LogP contribution in [0.15, 0.2) is 25.3 Å². The van der Waals surface area contributed by atoms with Crippen LogP contribution in [0, 0.1) is 0 Å². The summed E-state index contributed by atoms with van der Waals surface area (Å²) in [5, 5.41) is 17.4. The fraction of sp³-hybridized carbons (Fsp3) is 0.600. The van der Waals surface area contributed by atoms with Gasteiger partial charge in [-0.15, -0.1) is 13.2 Å². The van der Waals surface area contributed by atoms with Crippen molar-refractivity contribution in [1.82, 2.24) is 0 Å². The van der Waals surface area contributed by atoms with Gasteiger partial charge < -0.3 is 14.9 Å². The maximum absolute atomic E-state index is 8.68. The Balaban J connectivity index is 3.86. The van der Waals surface area contributed by atoms with Crippen molar-refractivity contribution in [3.63, 3.8) is 0 Å². The lowest BCUT2D eigenvalue weighted by molar-refractivity contribution is 0.0161. The zero-order valence-corrected chi connectivity index (χ0v) is 7.85. The van der Waals surface area contributed by atoms with Gasteiger partial charge in [0, 0.05) is 26.1 Å². The molecule has 0 aliphatic heterocycles. The van der Waals surface area contributed by atoms with Crippen LogP contribution >= 0.6 is 0 Å². The SMILES string of the molecule is C=CC(CCO)OC(C=C)CCO. The van der Waals surface area contributed by atoms with Gasteiger partial charge in [-0.25, -0.2) is 0 Å². The van der Waals surface area contributed by atoms with E-state index < -0.39 is 0 Å². The molecule has 3 nitrogen and oxygen atoms in total. The van der Waals surface area contributed by atoms with Gasteiger partial charge in [0.2, 0.25) is 0 Å². The highest BCUT2D eigenvalue weighted by molar-refractivity contribution is 4.86. The quantitative estimate of drug-likeness (QED) is 0.553. The van der Waals surface area contributed by atoms with Crippen molar-refractivity contribution in [2.45, 2.75) is 25.0 Å². The fourth-order valence-electron chi connectivity index (χ4n) is 0.962. The lowest BCUT2D eigenvalue weighted by Crippen LogP contribution is -2.20. The average Bonchev–Trinajstić information content (AvgIpc) is 2.16. The van der Waals surface area contributed by atoms with Crippen molar-refractivity contribution in [1.29, 1.82) is 0 Å². The van der Waals surface area contributed by atoms with E-state index in [1.807, 2.05) is 0 Å². The number of aliphatic hydroxyl groups is 2. The van der Waals surface area contributed by atoms with Crippen LogP contribution in [0.4, 0.5) is 0 Å². The van der Waals surface area contributed by atoms with E-state index in [1.165, 1.54) is 0 Å². The molecule has 2 atom stereocenters. The van der Waals surface area contributed by atoms with E-state index in [0.717, 1.165) is 0 Å². The molecule has 13 heavy (non-hydrogen) atoms. The molecule has 3 heteroatoms. The Hall–Kier alpha value is -0.640. The third-order valence-electron chi connectivity index (χ3n) is 1.70. The molecule has 0 amide bonds. The minimum atomic E-state index is -0.167. The number of rotatable bonds is 8. The zero-order chi connectivity index (χ0) is 10.1. The van der Waals surface area contributed by atoms with Crippen molar-refractivity contribution >= 4 is 0 Å². The minimum Gasteiger partial charge on any atom is -0.396 e. The Morgan fingerprint density at radius 3 is 1.62 bits per heavy atom. The summed E-state index contributed by atoms with van der Waals surface area (Å²) in [4.78, 5) is 0. The molecule has 0 saturated carbocycles. The molecule has 2 unspecified atom stereocenters. The predicted molar refractivity (Wildman–Crippen MR) is 52.5 cm³/mol. The molecule has 0 radical (unpaired) electrons. The summed E-state index contributed by atoms with van der Waals surface area (Å²) in [6.07, 6.45) is 4.01. The van der Waals surface area contributed by atoms with Gasteiger partial charge in [0.1, 0.15) is 0 Å². The monoisotopic (exact) mass is 186 g/mol. The molecule has 0 saturated heterocycles. The van der Waals surface area contributed by atoms with Crippen molar-refractivity contribution in [3.05, 3.63) is 25.3 Å². The highest BCUT2D eigenvalue weighted by Gasteiger charge is 2.10. The first-order valence-electron chi connectivity index (χ1n) is 4.40. The summed E-state index contributed by atoms with van der Waals surface area (Å²) in [5.74, 6) is 0. The lowest BCUT2D eigenvalue weighted by Gasteiger charge is -2.18. The maximum Gasteiger partial charge on any atom is 0.0783 e. The van der Waals surface area contributed by atoms with Crippen LogP contribution in [0.2, 0.25) is 0 Å². The summed E-state index contributed by atoms with van der Waals surface area (Å²) >= 11 is 0. The molecule has 0 aromatic rings. The molecular formula is C10H18O3. The van der Waals surface area contributed by atoms with Crippen LogP contribution < -0.4 is 0 Å². The topological polar surface area (TPSA) is 49.7 Å². The summed E-state index contributed by atoms with van der Waals surface area (Å²) in [5.41, 5.74) is 0. The molecule has 0 rings (SSSR count). The molecule has 0 heterocycles. The average molecular weight is 186 g/mol. The summed E-state index contributed by atoms with van der Waals surface area (Å²) in [7, 11) is 0. The number of ether oxygens (including phenoxy) is 1. The smallest absolute Gasteiger partial charge is 0.0783 e. The van der Waals surface area contributed by atoms with Gasteiger partial charge in [-0.2, -0.15) is 0 Å². The van der Waals surface area contributed by atoms with Crippen molar-refractivity contribution in [2.24, 2.45) is 0 Å². The minimum absolute atomic E-state index is 0.0691. The third-order valence-corrected chi connectivity index (χ3v) is 1.70. The van der Waals surface area contributed by atoms with E-state index >= 15 is 0 Å². The molecule has 0 aliphatic carbocycles. The first-order valence-corrected chi connectivity index (χ1v) is 4.40. The Labute approximate surface area is 79.3 Å². The molecule has 0 bridgehead atoms. The Bertz CT molecular complexity index is 129. The van der Waals surface area contributed by atoms with Crippen LogP contribution in [0.5, 0.6) is 0 Å². The highest BCUT2D eigenvalue weighted by Crippen LogP contribution is 2.07. The molecule has 0 aliphatic rings. The van der Waals surface area contributed by atoms with E-state index in [4.69, 9.17) is 14.9 Å². The first kappa shape index (κ1) is 12.4. The van der Waals surface area contributed by atoms with Gasteiger partial charge in [0.15, 0.2) is 0 Å². The fourth-order valence-corrected chi connectivity index (χ4v) is 0.962. The summed E-state index contributed by atoms with van der Waals surface area (Å²) in [6.45, 7) is 7.33. The molecular weight excluding hydrogens is 168 g/mol. The summed E-state index contributed by atoms with van der Waals surface area (Å²) in [6, 6.07) is 0. The van der Waals surface area contributed by atoms with Gasteiger partial charge in [0.05, 0.1) is 12.2 Å². The predicted octanol–water partition coefficient (Wildman–Crippen LogP) is 0.877. The highest BCUT2D eigenvalue weighted by atomic mass is 16.5. The molecule has 76 valence electrons. The molecule has 0 spiro atoms. The number of hydrogen-bond donors (Lipinski definition) is 2. The van der Waals surface area contributed by atoms with Crippen LogP contribution in [-0.2, 0) is 4.74 Å². The lowest BCUT2D eigenvalue weighted by atomic mass is 10.2. The second kappa shape index (κ2) is 7.98. The van der Waals surface area contributed by atoms with E-state index in [0.29, 0.717) is 12.8 Å². The Morgan fingerprint density at radius 1 is 1.00 bits per heavy atom. The molecule has 2 N–H and O–H groups in total. The Morgan fingerprint density at radius 2 is 1.38 bits per heavy atom. The van der Waals surface area contributed by atoms with Crippen molar-refractivity contribution in [2.75, 3.05) is 13.2 Å². The van der Waals surface area contributed by atoms with Crippen LogP contribution in [-0.4, -0.2) is 35.6 Å². The number of aliphatic hydroxyl groups excluding tert-OH is 2. The van der Waals surface area contributed by atoms with E-state index in [9.17, 15) is 0 Å². The van der Waals surface area contributed by atoms with Gasteiger partial charge in [-0.3, -0.25) is 0 Å². The normalized spacial score (nSPS) is 14.9. The largest absolute Gasteiger partial charge is 0.396 e. The summed E-state index contributed by atoms with van der Waals surface area (Å²) < 4.78 is 5.47. The maximum atomic E-state index is 8.68. The zero-order valence-electron chi connectivity index (χ0n) is 7.85. The van der Waals surface area contributed by atoms with Gasteiger partial charge >= 0.3 is 0 Å². The molecule has 0 aromatic heterocycles. The third kappa shape index (κ3) is 5.58. The first-order chi connectivity index (χ1) is 6.28. The van der Waals surface area contributed by atoms with Crippen molar-refractivity contribution in [3.8, 4) is 0 Å². The van der Waals surface area contributed by atoms with E-state index in [2.05, 4.69) is 13.2 Å². The molecule has 0 aromatic carbocycles. The van der Waals surface area contributed by atoms with E-state index in [1.54, 1.807) is 12.2 Å². The Kier molecular flexibility index (Phi) is 7.59. The standard InChI is InChI=1S/C10H18O3/c1-3-9(5-7-11)13-10(4-2)6-8-12/h3-4,9-12H,1-2,5-8H2. The number of hydrogen-bond acceptors (Lipinski definition) is 3. The van der Waals surface area contributed by atoms with Gasteiger partial charge in [-0.1, -0.05) is 12.2 Å². The van der Waals surface area contributed by atoms with Crippen molar-refractivity contribution < 1.29 is 14.9 Å². The molecule has 0 fully saturated rings. The van der Waals surface area contributed by atoms with Gasteiger partial charge in [0.25, 0.3) is 0 Å². The van der Waals surface area contributed by atoms with Crippen LogP contribution in [0.25, 0.3) is 0 Å². The van der Waals surface area contributed by atoms with E-state index in [-0.39, 0.29) is 25.4 Å². The second-order valence-electron chi connectivity index (χ2n) is 2.71. The van der Waals surface area contributed by atoms with Gasteiger partial charge in [-0.05, 0) is 0 Å².